The number of hydrogen-bond acceptors (Lipinski definition) is 5. The van der Waals surface area contributed by atoms with E-state index in [0.717, 1.165) is 5.56 Å². The van der Waals surface area contributed by atoms with E-state index in [-0.39, 0.29) is 11.4 Å². The molecule has 1 aromatic heterocycles. The number of benzene rings is 2. The molecule has 29 heavy (non-hydrogen) atoms. The van der Waals surface area contributed by atoms with E-state index in [1.54, 1.807) is 18.3 Å². The lowest BCUT2D eigenvalue weighted by molar-refractivity contribution is 0.0600. The predicted octanol–water partition coefficient (Wildman–Crippen LogP) is 3.30. The van der Waals surface area contributed by atoms with Gasteiger partial charge in [-0.2, -0.15) is 4.31 Å². The van der Waals surface area contributed by atoms with Gasteiger partial charge in [0.1, 0.15) is 0 Å². The summed E-state index contributed by atoms with van der Waals surface area (Å²) in [5, 5.41) is 0. The molecule has 6 nitrogen and oxygen atoms in total. The summed E-state index contributed by atoms with van der Waals surface area (Å²) in [5.41, 5.74) is 2.01. The number of nitrogens with zero attached hydrogens (tertiary/aromatic N) is 2. The Morgan fingerprint density at radius 2 is 1.66 bits per heavy atom. The van der Waals surface area contributed by atoms with Crippen molar-refractivity contribution in [2.24, 2.45) is 0 Å². The van der Waals surface area contributed by atoms with Crippen molar-refractivity contribution in [3.05, 3.63) is 95.8 Å². The zero-order valence-corrected chi connectivity index (χ0v) is 16.9. The Morgan fingerprint density at radius 3 is 2.28 bits per heavy atom. The molecule has 0 saturated carbocycles. The highest BCUT2D eigenvalue weighted by atomic mass is 32.2. The van der Waals surface area contributed by atoms with Crippen LogP contribution in [-0.4, -0.2) is 37.3 Å². The first kappa shape index (κ1) is 20.7. The number of hydrogen-bond donors (Lipinski definition) is 0. The minimum atomic E-state index is -3.78. The third-order valence-corrected chi connectivity index (χ3v) is 6.33. The second-order valence-corrected chi connectivity index (χ2v) is 8.35. The third kappa shape index (κ3) is 5.28. The molecule has 1 heterocycles. The second-order valence-electron chi connectivity index (χ2n) is 6.41. The fourth-order valence-electron chi connectivity index (χ4n) is 2.88. The predicted molar refractivity (Wildman–Crippen MR) is 110 cm³/mol. The molecule has 0 N–H and O–H groups in total. The summed E-state index contributed by atoms with van der Waals surface area (Å²) in [6.45, 7) is 0.469. The molecule has 0 unspecified atom stereocenters. The fraction of sp³-hybridized carbons (Fsp3) is 0.182. The number of carbonyl (C=O) groups excluding carboxylic acids is 1. The van der Waals surface area contributed by atoms with Crippen LogP contribution in [0.25, 0.3) is 0 Å². The van der Waals surface area contributed by atoms with Gasteiger partial charge in [0.2, 0.25) is 10.0 Å². The highest BCUT2D eigenvalue weighted by Crippen LogP contribution is 2.20. The minimum Gasteiger partial charge on any atom is -0.465 e. The summed E-state index contributed by atoms with van der Waals surface area (Å²) in [6, 6.07) is 20.9. The Labute approximate surface area is 170 Å². The van der Waals surface area contributed by atoms with Gasteiger partial charge >= 0.3 is 5.97 Å². The van der Waals surface area contributed by atoms with Crippen LogP contribution >= 0.6 is 0 Å². The minimum absolute atomic E-state index is 0.120. The Morgan fingerprint density at radius 1 is 0.966 bits per heavy atom. The number of rotatable bonds is 8. The normalized spacial score (nSPS) is 11.4. The molecule has 7 heteroatoms. The Kier molecular flexibility index (Phi) is 6.74. The van der Waals surface area contributed by atoms with Gasteiger partial charge in [-0.1, -0.05) is 36.4 Å². The molecule has 0 bridgehead atoms. The van der Waals surface area contributed by atoms with E-state index in [9.17, 15) is 13.2 Å². The zero-order valence-electron chi connectivity index (χ0n) is 16.1. The van der Waals surface area contributed by atoms with Crippen molar-refractivity contribution in [1.82, 2.24) is 9.29 Å². The molecule has 0 aliphatic heterocycles. The van der Waals surface area contributed by atoms with E-state index < -0.39 is 16.0 Å². The van der Waals surface area contributed by atoms with E-state index in [0.29, 0.717) is 24.2 Å². The molecule has 0 fully saturated rings. The molecule has 2 aromatic carbocycles. The van der Waals surface area contributed by atoms with Gasteiger partial charge in [0, 0.05) is 12.7 Å². The third-order valence-electron chi connectivity index (χ3n) is 4.47. The SMILES string of the molecule is COC(=O)c1ccc(S(=O)(=O)N(CCc2ccccc2)Cc2ccccn2)cc1. The van der Waals surface area contributed by atoms with Gasteiger partial charge < -0.3 is 4.74 Å². The van der Waals surface area contributed by atoms with Crippen LogP contribution < -0.4 is 0 Å². The van der Waals surface area contributed by atoms with E-state index >= 15 is 0 Å². The molecule has 0 aliphatic rings. The van der Waals surface area contributed by atoms with E-state index in [1.165, 1.54) is 35.7 Å². The molecule has 3 rings (SSSR count). The number of ether oxygens (including phenoxy) is 1. The number of sulfonamides is 1. The molecular weight excluding hydrogens is 388 g/mol. The fourth-order valence-corrected chi connectivity index (χ4v) is 4.30. The van der Waals surface area contributed by atoms with Crippen LogP contribution in [0.4, 0.5) is 0 Å². The van der Waals surface area contributed by atoms with Crippen molar-refractivity contribution in [2.75, 3.05) is 13.7 Å². The number of carbonyl (C=O) groups is 1. The molecule has 0 radical (unpaired) electrons. The maximum Gasteiger partial charge on any atom is 0.337 e. The first-order valence-electron chi connectivity index (χ1n) is 9.13. The lowest BCUT2D eigenvalue weighted by Crippen LogP contribution is -2.33. The molecule has 0 aliphatic carbocycles. The Bertz CT molecular complexity index is 1040. The Hall–Kier alpha value is -3.03. The second kappa shape index (κ2) is 9.45. The lowest BCUT2D eigenvalue weighted by atomic mass is 10.1. The van der Waals surface area contributed by atoms with Crippen LogP contribution in [-0.2, 0) is 27.7 Å². The quantitative estimate of drug-likeness (QED) is 0.533. The smallest absolute Gasteiger partial charge is 0.337 e. The average molecular weight is 410 g/mol. The van der Waals surface area contributed by atoms with E-state index in [2.05, 4.69) is 9.72 Å². The van der Waals surface area contributed by atoms with Crippen molar-refractivity contribution in [3.8, 4) is 0 Å². The summed E-state index contributed by atoms with van der Waals surface area (Å²) in [7, 11) is -2.49. The first-order chi connectivity index (χ1) is 14.0. The molecule has 0 saturated heterocycles. The molecular formula is C22H22N2O4S. The van der Waals surface area contributed by atoms with Gasteiger partial charge in [-0.15, -0.1) is 0 Å². The highest BCUT2D eigenvalue weighted by Gasteiger charge is 2.25. The zero-order chi connectivity index (χ0) is 20.7. The average Bonchev–Trinajstić information content (AvgIpc) is 2.77. The monoisotopic (exact) mass is 410 g/mol. The molecule has 150 valence electrons. The molecule has 0 spiro atoms. The number of aromatic nitrogens is 1. The largest absolute Gasteiger partial charge is 0.465 e. The standard InChI is InChI=1S/C22H22N2O4S/c1-28-22(25)19-10-12-21(13-11-19)29(26,27)24(17-20-9-5-6-15-23-20)16-14-18-7-3-2-4-8-18/h2-13,15H,14,16-17H2,1H3. The number of methoxy groups -OCH3 is 1. The summed E-state index contributed by atoms with van der Waals surface area (Å²) in [5.74, 6) is -0.511. The van der Waals surface area contributed by atoms with Crippen molar-refractivity contribution in [1.29, 1.82) is 0 Å². The summed E-state index contributed by atoms with van der Waals surface area (Å²) in [4.78, 5) is 16.0. The summed E-state index contributed by atoms with van der Waals surface area (Å²) >= 11 is 0. The molecule has 3 aromatic rings. The van der Waals surface area contributed by atoms with Crippen molar-refractivity contribution in [3.63, 3.8) is 0 Å². The van der Waals surface area contributed by atoms with E-state index in [4.69, 9.17) is 0 Å². The van der Waals surface area contributed by atoms with Crippen molar-refractivity contribution >= 4 is 16.0 Å². The van der Waals surface area contributed by atoms with Gasteiger partial charge in [0.15, 0.2) is 0 Å². The van der Waals surface area contributed by atoms with Crippen LogP contribution in [0.3, 0.4) is 0 Å². The van der Waals surface area contributed by atoms with E-state index in [1.807, 2.05) is 36.4 Å². The number of esters is 1. The highest BCUT2D eigenvalue weighted by molar-refractivity contribution is 7.89. The van der Waals surface area contributed by atoms with Gasteiger partial charge in [-0.25, -0.2) is 13.2 Å². The molecule has 0 atom stereocenters. The van der Waals surface area contributed by atoms with Crippen molar-refractivity contribution in [2.45, 2.75) is 17.9 Å². The Balaban J connectivity index is 1.87. The maximum atomic E-state index is 13.3. The van der Waals surface area contributed by atoms with Gasteiger partial charge in [0.25, 0.3) is 0 Å². The van der Waals surface area contributed by atoms with Crippen LogP contribution in [0.5, 0.6) is 0 Å². The van der Waals surface area contributed by atoms with Crippen LogP contribution in [0, 0.1) is 0 Å². The summed E-state index contributed by atoms with van der Waals surface area (Å²) in [6.07, 6.45) is 2.22. The first-order valence-corrected chi connectivity index (χ1v) is 10.6. The van der Waals surface area contributed by atoms with Crippen LogP contribution in [0.2, 0.25) is 0 Å². The lowest BCUT2D eigenvalue weighted by Gasteiger charge is -2.22. The topological polar surface area (TPSA) is 76.6 Å². The van der Waals surface area contributed by atoms with Crippen LogP contribution in [0.15, 0.2) is 83.9 Å². The van der Waals surface area contributed by atoms with Crippen LogP contribution in [0.1, 0.15) is 21.6 Å². The molecule has 0 amide bonds. The van der Waals surface area contributed by atoms with Gasteiger partial charge in [0.05, 0.1) is 29.8 Å². The van der Waals surface area contributed by atoms with Crippen molar-refractivity contribution < 1.29 is 17.9 Å². The number of pyridine rings is 1. The summed E-state index contributed by atoms with van der Waals surface area (Å²) < 4.78 is 32.7. The van der Waals surface area contributed by atoms with Gasteiger partial charge in [-0.05, 0) is 48.4 Å². The van der Waals surface area contributed by atoms with Gasteiger partial charge in [-0.3, -0.25) is 4.98 Å². The maximum absolute atomic E-state index is 13.3.